The van der Waals surface area contributed by atoms with E-state index in [1.54, 1.807) is 10.8 Å². The number of rotatable bonds is 4. The lowest BCUT2D eigenvalue weighted by molar-refractivity contribution is 0.103. The molecule has 0 bridgehead atoms. The van der Waals surface area contributed by atoms with Crippen molar-refractivity contribution in [1.29, 1.82) is 0 Å². The zero-order valence-corrected chi connectivity index (χ0v) is 16.2. The largest absolute Gasteiger partial charge is 0.321 e. The van der Waals surface area contributed by atoms with Crippen molar-refractivity contribution in [2.45, 2.75) is 6.92 Å². The summed E-state index contributed by atoms with van der Waals surface area (Å²) >= 11 is 1.36. The van der Waals surface area contributed by atoms with Gasteiger partial charge >= 0.3 is 0 Å². The molecule has 142 valence electrons. The van der Waals surface area contributed by atoms with Crippen molar-refractivity contribution >= 4 is 28.6 Å². The highest BCUT2D eigenvalue weighted by Gasteiger charge is 2.16. The molecule has 0 saturated carbocycles. The number of carbonyl (C=O) groups excluding carboxylic acids is 1. The van der Waals surface area contributed by atoms with Gasteiger partial charge in [0.15, 0.2) is 10.8 Å². The Labute approximate surface area is 169 Å². The molecule has 0 fully saturated rings. The molecule has 4 heterocycles. The number of fused-ring (bicyclic) bond motifs is 1. The molecule has 1 amide bonds. The molecular formula is C20H15N7OS. The first-order valence-corrected chi connectivity index (χ1v) is 9.69. The van der Waals surface area contributed by atoms with E-state index in [9.17, 15) is 4.79 Å². The van der Waals surface area contributed by atoms with Crippen molar-refractivity contribution in [2.75, 3.05) is 5.32 Å². The van der Waals surface area contributed by atoms with Crippen LogP contribution in [0.4, 0.5) is 5.69 Å². The molecular weight excluding hydrogens is 386 g/mol. The minimum atomic E-state index is -0.171. The molecule has 8 nitrogen and oxygen atoms in total. The molecule has 1 N–H and O–H groups in total. The number of anilines is 1. The second-order valence-corrected chi connectivity index (χ2v) is 7.36. The Hall–Kier alpha value is -3.85. The highest BCUT2D eigenvalue weighted by molar-refractivity contribution is 7.16. The van der Waals surface area contributed by atoms with E-state index in [4.69, 9.17) is 0 Å². The van der Waals surface area contributed by atoms with Gasteiger partial charge in [-0.05, 0) is 43.3 Å². The van der Waals surface area contributed by atoms with Gasteiger partial charge in [-0.15, -0.1) is 10.2 Å². The summed E-state index contributed by atoms with van der Waals surface area (Å²) in [6.07, 6.45) is 5.38. The molecule has 4 aromatic heterocycles. The first kappa shape index (κ1) is 17.3. The predicted octanol–water partition coefficient (Wildman–Crippen LogP) is 3.60. The minimum Gasteiger partial charge on any atom is -0.321 e. The lowest BCUT2D eigenvalue weighted by atomic mass is 10.1. The number of benzene rings is 1. The van der Waals surface area contributed by atoms with E-state index in [1.807, 2.05) is 72.4 Å². The fourth-order valence-corrected chi connectivity index (χ4v) is 3.89. The van der Waals surface area contributed by atoms with Crippen molar-refractivity contribution in [3.63, 3.8) is 0 Å². The van der Waals surface area contributed by atoms with E-state index in [-0.39, 0.29) is 5.91 Å². The van der Waals surface area contributed by atoms with Crippen molar-refractivity contribution in [3.8, 4) is 16.4 Å². The Morgan fingerprint density at radius 2 is 1.86 bits per heavy atom. The lowest BCUT2D eigenvalue weighted by Gasteiger charge is -2.06. The maximum Gasteiger partial charge on any atom is 0.267 e. The predicted molar refractivity (Wildman–Crippen MR) is 110 cm³/mol. The lowest BCUT2D eigenvalue weighted by Crippen LogP contribution is -2.11. The minimum absolute atomic E-state index is 0.171. The van der Waals surface area contributed by atoms with Crippen LogP contribution in [0.1, 0.15) is 15.4 Å². The van der Waals surface area contributed by atoms with Crippen LogP contribution in [0.15, 0.2) is 67.3 Å². The van der Waals surface area contributed by atoms with Gasteiger partial charge in [0.25, 0.3) is 5.91 Å². The van der Waals surface area contributed by atoms with Crippen LogP contribution in [0.2, 0.25) is 0 Å². The molecule has 0 aliphatic rings. The number of thiazole rings is 1. The number of aryl methyl sites for hydroxylation is 1. The number of nitrogens with one attached hydrogen (secondary N) is 1. The Balaban J connectivity index is 1.35. The van der Waals surface area contributed by atoms with Gasteiger partial charge in [0.05, 0.1) is 11.4 Å². The van der Waals surface area contributed by atoms with Crippen molar-refractivity contribution in [3.05, 3.63) is 77.8 Å². The number of carbonyl (C=O) groups is 1. The van der Waals surface area contributed by atoms with Crippen LogP contribution < -0.4 is 5.32 Å². The molecule has 0 atom stereocenters. The quantitative estimate of drug-likeness (QED) is 0.497. The monoisotopic (exact) mass is 401 g/mol. The van der Waals surface area contributed by atoms with Gasteiger partial charge in [-0.25, -0.2) is 4.98 Å². The molecule has 0 saturated heterocycles. The summed E-state index contributed by atoms with van der Waals surface area (Å²) in [6, 6.07) is 15.1. The molecule has 1 aromatic carbocycles. The van der Waals surface area contributed by atoms with Crippen LogP contribution in [0.5, 0.6) is 0 Å². The summed E-state index contributed by atoms with van der Waals surface area (Å²) in [7, 11) is 0. The Bertz CT molecular complexity index is 1300. The second kappa shape index (κ2) is 6.95. The maximum absolute atomic E-state index is 12.7. The topological polar surface area (TPSA) is 90.0 Å². The molecule has 0 spiro atoms. The number of nitrogens with zero attached hydrogens (tertiary/aromatic N) is 6. The number of hydrogen-bond acceptors (Lipinski definition) is 6. The average molecular weight is 401 g/mol. The van der Waals surface area contributed by atoms with Crippen LogP contribution in [-0.2, 0) is 0 Å². The smallest absolute Gasteiger partial charge is 0.267 e. The van der Waals surface area contributed by atoms with Gasteiger partial charge in [0.2, 0.25) is 0 Å². The van der Waals surface area contributed by atoms with Gasteiger partial charge in [-0.1, -0.05) is 23.5 Å². The molecule has 0 radical (unpaired) electrons. The number of amides is 1. The van der Waals surface area contributed by atoms with Gasteiger partial charge < -0.3 is 9.88 Å². The van der Waals surface area contributed by atoms with Crippen LogP contribution >= 0.6 is 11.3 Å². The summed E-state index contributed by atoms with van der Waals surface area (Å²) in [5.74, 6) is -0.171. The molecule has 29 heavy (non-hydrogen) atoms. The SMILES string of the molecule is Cc1nc(-n2cccc2)sc1C(=O)Nc1ccc(-c2ccc3nncn3n2)cc1. The van der Waals surface area contributed by atoms with Gasteiger partial charge in [-0.3, -0.25) is 4.79 Å². The summed E-state index contributed by atoms with van der Waals surface area (Å²) in [4.78, 5) is 17.8. The fourth-order valence-electron chi connectivity index (χ4n) is 2.96. The third-order valence-corrected chi connectivity index (χ3v) is 5.59. The average Bonchev–Trinajstić information content (AvgIpc) is 3.48. The van der Waals surface area contributed by atoms with Crippen LogP contribution in [0.3, 0.4) is 0 Å². The molecule has 0 aliphatic carbocycles. The highest BCUT2D eigenvalue weighted by atomic mass is 32.1. The van der Waals surface area contributed by atoms with E-state index in [1.165, 1.54) is 11.3 Å². The van der Waals surface area contributed by atoms with E-state index in [2.05, 4.69) is 25.6 Å². The summed E-state index contributed by atoms with van der Waals surface area (Å²) in [6.45, 7) is 1.84. The van der Waals surface area contributed by atoms with Crippen LogP contribution in [0.25, 0.3) is 22.0 Å². The molecule has 0 aliphatic heterocycles. The van der Waals surface area contributed by atoms with Crippen molar-refractivity contribution in [1.82, 2.24) is 29.4 Å². The second-order valence-electron chi connectivity index (χ2n) is 6.39. The summed E-state index contributed by atoms with van der Waals surface area (Å²) < 4.78 is 3.52. The zero-order valence-electron chi connectivity index (χ0n) is 15.4. The van der Waals surface area contributed by atoms with Crippen molar-refractivity contribution in [2.24, 2.45) is 0 Å². The van der Waals surface area contributed by atoms with Crippen LogP contribution in [0, 0.1) is 6.92 Å². The standard InChI is InChI=1S/C20H15N7OS/c1-13-18(29-20(22-13)26-10-2-3-11-26)19(28)23-15-6-4-14(5-7-15)16-8-9-17-24-21-12-27(17)25-16/h2-12H,1H3,(H,23,28). The molecule has 0 unspecified atom stereocenters. The van der Waals surface area contributed by atoms with Gasteiger partial charge in [-0.2, -0.15) is 9.61 Å². The maximum atomic E-state index is 12.7. The third-order valence-electron chi connectivity index (χ3n) is 4.42. The first-order chi connectivity index (χ1) is 14.2. The van der Waals surface area contributed by atoms with Gasteiger partial charge in [0.1, 0.15) is 11.2 Å². The fraction of sp³-hybridized carbons (Fsp3) is 0.0500. The van der Waals surface area contributed by atoms with Crippen LogP contribution in [-0.4, -0.2) is 35.3 Å². The Morgan fingerprint density at radius 3 is 2.66 bits per heavy atom. The highest BCUT2D eigenvalue weighted by Crippen LogP contribution is 2.24. The third kappa shape index (κ3) is 3.27. The Morgan fingerprint density at radius 1 is 1.07 bits per heavy atom. The van der Waals surface area contributed by atoms with Crippen molar-refractivity contribution < 1.29 is 4.79 Å². The molecule has 5 aromatic rings. The first-order valence-electron chi connectivity index (χ1n) is 8.87. The summed E-state index contributed by atoms with van der Waals surface area (Å²) in [5, 5.41) is 16.0. The summed E-state index contributed by atoms with van der Waals surface area (Å²) in [5.41, 5.74) is 3.84. The van der Waals surface area contributed by atoms with E-state index < -0.39 is 0 Å². The van der Waals surface area contributed by atoms with E-state index >= 15 is 0 Å². The normalized spacial score (nSPS) is 11.1. The van der Waals surface area contributed by atoms with Gasteiger partial charge in [0, 0.05) is 23.6 Å². The Kier molecular flexibility index (Phi) is 4.14. The molecule has 9 heteroatoms. The number of aromatic nitrogens is 6. The molecule has 5 rings (SSSR count). The van der Waals surface area contributed by atoms with E-state index in [0.717, 1.165) is 16.4 Å². The zero-order chi connectivity index (χ0) is 19.8. The number of hydrogen-bond donors (Lipinski definition) is 1. The van der Waals surface area contributed by atoms with E-state index in [0.29, 0.717) is 21.9 Å².